The predicted molar refractivity (Wildman–Crippen MR) is 73.5 cm³/mol. The lowest BCUT2D eigenvalue weighted by Crippen LogP contribution is -2.11. The molecule has 8 heteroatoms. The summed E-state index contributed by atoms with van der Waals surface area (Å²) >= 11 is 1.57. The summed E-state index contributed by atoms with van der Waals surface area (Å²) in [5.41, 5.74) is 0. The van der Waals surface area contributed by atoms with Gasteiger partial charge in [-0.15, -0.1) is 11.3 Å². The zero-order valence-electron chi connectivity index (χ0n) is 11.2. The Morgan fingerprint density at radius 3 is 2.74 bits per heavy atom. The van der Waals surface area contributed by atoms with Gasteiger partial charge in [-0.05, 0) is 23.8 Å². The highest BCUT2D eigenvalue weighted by Gasteiger charge is 2.25. The Balaban J connectivity index is 2.30. The topological polar surface area (TPSA) is 85.9 Å². The summed E-state index contributed by atoms with van der Waals surface area (Å²) in [6.07, 6.45) is 1.79. The number of hydrogen-bond acceptors (Lipinski definition) is 6. The van der Waals surface area contributed by atoms with Crippen molar-refractivity contribution in [2.75, 3.05) is 5.32 Å². The van der Waals surface area contributed by atoms with Gasteiger partial charge in [0.25, 0.3) is 0 Å². The van der Waals surface area contributed by atoms with Crippen molar-refractivity contribution in [3.8, 4) is 0 Å². The van der Waals surface area contributed by atoms with Crippen LogP contribution in [-0.4, -0.2) is 19.5 Å². The number of aryl methyl sites for hydroxylation is 2. The minimum absolute atomic E-state index is 0.104. The molecule has 0 bridgehead atoms. The molecule has 0 radical (unpaired) electrons. The predicted octanol–water partition coefficient (Wildman–Crippen LogP) is 2.57. The summed E-state index contributed by atoms with van der Waals surface area (Å²) in [6.45, 7) is 5.63. The summed E-state index contributed by atoms with van der Waals surface area (Å²) in [6, 6.07) is -0.104. The van der Waals surface area contributed by atoms with E-state index in [1.807, 2.05) is 13.8 Å². The van der Waals surface area contributed by atoms with Crippen LogP contribution in [0.3, 0.4) is 0 Å². The average Bonchev–Trinajstić information content (AvgIpc) is 2.88. The molecule has 1 atom stereocenters. The largest absolute Gasteiger partial charge is 0.406 e. The highest BCUT2D eigenvalue weighted by Crippen LogP contribution is 2.29. The lowest BCUT2D eigenvalue weighted by Gasteiger charge is -2.12. The first-order valence-corrected chi connectivity index (χ1v) is 6.58. The molecular weight excluding hydrogens is 266 g/mol. The van der Waals surface area contributed by atoms with Gasteiger partial charge in [-0.25, -0.2) is 4.98 Å². The van der Waals surface area contributed by atoms with Crippen molar-refractivity contribution in [1.82, 2.24) is 14.5 Å². The monoisotopic (exact) mass is 281 g/mol. The van der Waals surface area contributed by atoms with Crippen LogP contribution in [0, 0.1) is 24.0 Å². The van der Waals surface area contributed by atoms with E-state index in [-0.39, 0.29) is 11.9 Å². The van der Waals surface area contributed by atoms with Gasteiger partial charge in [-0.2, -0.15) is 0 Å². The summed E-state index contributed by atoms with van der Waals surface area (Å²) in [5, 5.41) is 15.0. The number of nitrogens with zero attached hydrogens (tertiary/aromatic N) is 4. The Bertz CT molecular complexity index is 619. The molecule has 2 heterocycles. The van der Waals surface area contributed by atoms with Gasteiger partial charge in [0.2, 0.25) is 11.6 Å². The van der Waals surface area contributed by atoms with Crippen LogP contribution in [0.5, 0.6) is 0 Å². The molecule has 0 spiro atoms. The number of imidazole rings is 1. The second-order valence-corrected chi connectivity index (χ2v) is 5.59. The summed E-state index contributed by atoms with van der Waals surface area (Å²) in [5.74, 6) is 0.847. The molecule has 102 valence electrons. The molecule has 7 nitrogen and oxygen atoms in total. The standard InChI is InChI=1S/C11H15N5O2S/c1-6-5-12-11(19-6)7(2)13-9-10(16(17)18)14-8(3)15(9)4/h5,7,13H,1-4H3. The van der Waals surface area contributed by atoms with Crippen LogP contribution in [0.2, 0.25) is 0 Å². The van der Waals surface area contributed by atoms with Gasteiger partial charge in [-0.1, -0.05) is 0 Å². The van der Waals surface area contributed by atoms with Gasteiger partial charge >= 0.3 is 5.82 Å². The Hall–Kier alpha value is -1.96. The number of aromatic nitrogens is 3. The van der Waals surface area contributed by atoms with Crippen molar-refractivity contribution in [2.24, 2.45) is 7.05 Å². The smallest absolute Gasteiger partial charge is 0.358 e. The van der Waals surface area contributed by atoms with E-state index in [0.29, 0.717) is 11.6 Å². The lowest BCUT2D eigenvalue weighted by atomic mass is 10.3. The molecule has 1 N–H and O–H groups in total. The maximum atomic E-state index is 11.0. The molecule has 2 aromatic rings. The third-order valence-corrected chi connectivity index (χ3v) is 3.93. The fourth-order valence-corrected chi connectivity index (χ4v) is 2.50. The molecule has 0 aliphatic rings. The number of hydrogen-bond donors (Lipinski definition) is 1. The van der Waals surface area contributed by atoms with Crippen LogP contribution in [0.1, 0.15) is 28.7 Å². The van der Waals surface area contributed by atoms with Crippen molar-refractivity contribution in [3.05, 3.63) is 32.0 Å². The molecule has 0 fully saturated rings. The van der Waals surface area contributed by atoms with Gasteiger partial charge in [0.15, 0.2) is 0 Å². The minimum Gasteiger partial charge on any atom is -0.358 e. The lowest BCUT2D eigenvalue weighted by molar-refractivity contribution is -0.388. The fourth-order valence-electron chi connectivity index (χ4n) is 1.72. The average molecular weight is 281 g/mol. The molecular formula is C11H15N5O2S. The van der Waals surface area contributed by atoms with Crippen molar-refractivity contribution in [3.63, 3.8) is 0 Å². The molecule has 0 aromatic carbocycles. The molecule has 0 saturated heterocycles. The van der Waals surface area contributed by atoms with Crippen molar-refractivity contribution < 1.29 is 4.92 Å². The van der Waals surface area contributed by atoms with E-state index in [1.165, 1.54) is 0 Å². The second kappa shape index (κ2) is 4.96. The van der Waals surface area contributed by atoms with Gasteiger partial charge in [0, 0.05) is 25.0 Å². The van der Waals surface area contributed by atoms with Crippen molar-refractivity contribution in [2.45, 2.75) is 26.8 Å². The van der Waals surface area contributed by atoms with E-state index in [0.717, 1.165) is 9.88 Å². The maximum absolute atomic E-state index is 11.0. The molecule has 0 aliphatic carbocycles. The van der Waals surface area contributed by atoms with Gasteiger partial charge < -0.3 is 15.4 Å². The van der Waals surface area contributed by atoms with E-state index in [4.69, 9.17) is 0 Å². The van der Waals surface area contributed by atoms with E-state index in [9.17, 15) is 10.1 Å². The van der Waals surface area contributed by atoms with Crippen molar-refractivity contribution in [1.29, 1.82) is 0 Å². The van der Waals surface area contributed by atoms with Gasteiger partial charge in [-0.3, -0.25) is 4.57 Å². The van der Waals surface area contributed by atoms with Gasteiger partial charge in [0.1, 0.15) is 5.01 Å². The van der Waals surface area contributed by atoms with E-state index >= 15 is 0 Å². The van der Waals surface area contributed by atoms with Crippen LogP contribution in [-0.2, 0) is 7.05 Å². The van der Waals surface area contributed by atoms with Crippen LogP contribution in [0.4, 0.5) is 11.6 Å². The van der Waals surface area contributed by atoms with E-state index in [2.05, 4.69) is 15.3 Å². The molecule has 19 heavy (non-hydrogen) atoms. The van der Waals surface area contributed by atoms with Crippen LogP contribution in [0.15, 0.2) is 6.20 Å². The van der Waals surface area contributed by atoms with Crippen LogP contribution < -0.4 is 5.32 Å². The number of nitrogens with one attached hydrogen (secondary N) is 1. The fraction of sp³-hybridized carbons (Fsp3) is 0.455. The Kier molecular flexibility index (Phi) is 3.52. The van der Waals surface area contributed by atoms with Crippen molar-refractivity contribution >= 4 is 23.0 Å². The first-order chi connectivity index (χ1) is 8.90. The summed E-state index contributed by atoms with van der Waals surface area (Å²) in [7, 11) is 1.75. The molecule has 1 unspecified atom stereocenters. The zero-order chi connectivity index (χ0) is 14.2. The molecule has 2 rings (SSSR count). The Labute approximate surface area is 114 Å². The third kappa shape index (κ3) is 2.58. The second-order valence-electron chi connectivity index (χ2n) is 4.32. The van der Waals surface area contributed by atoms with E-state index in [1.54, 1.807) is 36.1 Å². The molecule has 0 amide bonds. The molecule has 0 saturated carbocycles. The highest BCUT2D eigenvalue weighted by atomic mass is 32.1. The quantitative estimate of drug-likeness (QED) is 0.687. The maximum Gasteiger partial charge on any atom is 0.406 e. The summed E-state index contributed by atoms with van der Waals surface area (Å²) in [4.78, 5) is 19.8. The molecule has 0 aliphatic heterocycles. The van der Waals surface area contributed by atoms with E-state index < -0.39 is 4.92 Å². The molecule has 2 aromatic heterocycles. The summed E-state index contributed by atoms with van der Waals surface area (Å²) < 4.78 is 1.68. The Morgan fingerprint density at radius 1 is 1.53 bits per heavy atom. The first kappa shape index (κ1) is 13.5. The SMILES string of the molecule is Cc1cnc(C(C)Nc2c([N+](=O)[O-])nc(C)n2C)s1. The van der Waals surface area contributed by atoms with Crippen LogP contribution >= 0.6 is 11.3 Å². The number of thiazole rings is 1. The normalized spacial score (nSPS) is 12.4. The highest BCUT2D eigenvalue weighted by molar-refractivity contribution is 7.11. The Morgan fingerprint density at radius 2 is 2.21 bits per heavy atom. The number of anilines is 1. The number of rotatable bonds is 4. The van der Waals surface area contributed by atoms with Gasteiger partial charge in [0.05, 0.1) is 6.04 Å². The van der Waals surface area contributed by atoms with Crippen LogP contribution in [0.25, 0.3) is 0 Å². The zero-order valence-corrected chi connectivity index (χ0v) is 12.0. The number of nitro groups is 1. The third-order valence-electron chi connectivity index (χ3n) is 2.84. The first-order valence-electron chi connectivity index (χ1n) is 5.76. The minimum atomic E-state index is -0.477.